The molecule has 0 atom stereocenters. The molecule has 26 heavy (non-hydrogen) atoms. The van der Waals surface area contributed by atoms with Gasteiger partial charge in [0.1, 0.15) is 11.6 Å². The molecular weight excluding hydrogens is 402 g/mol. The molecule has 7 nitrogen and oxygen atoms in total. The van der Waals surface area contributed by atoms with Crippen LogP contribution in [-0.4, -0.2) is 17.9 Å². The largest absolute Gasteiger partial charge is 0.489 e. The van der Waals surface area contributed by atoms with Gasteiger partial charge in [-0.25, -0.2) is 0 Å². The van der Waals surface area contributed by atoms with Crippen molar-refractivity contribution in [3.63, 3.8) is 0 Å². The second-order valence-corrected chi connectivity index (χ2v) is 6.16. The molecule has 0 aromatic heterocycles. The van der Waals surface area contributed by atoms with Gasteiger partial charge in [0.05, 0.1) is 16.5 Å². The van der Waals surface area contributed by atoms with E-state index < -0.39 is 10.8 Å². The standard InChI is InChI=1S/C18H14BrN3O4/c1-11-3-5-14(6-4-11)21-18(23)13(10-20)7-12-8-15(19)17(26-2)16(9-12)22(24)25/h3-9H,1-2H3,(H,21,23)/b13-7-. The highest BCUT2D eigenvalue weighted by molar-refractivity contribution is 9.10. The van der Waals surface area contributed by atoms with Crippen LogP contribution in [-0.2, 0) is 4.79 Å². The molecule has 0 bridgehead atoms. The highest BCUT2D eigenvalue weighted by atomic mass is 79.9. The Morgan fingerprint density at radius 3 is 2.54 bits per heavy atom. The molecule has 8 heteroatoms. The molecule has 0 fully saturated rings. The zero-order valence-corrected chi connectivity index (χ0v) is 15.5. The van der Waals surface area contributed by atoms with Gasteiger partial charge in [-0.1, -0.05) is 17.7 Å². The number of nitrogens with zero attached hydrogens (tertiary/aromatic N) is 2. The number of hydrogen-bond donors (Lipinski definition) is 1. The van der Waals surface area contributed by atoms with Gasteiger partial charge in [0.15, 0.2) is 0 Å². The summed E-state index contributed by atoms with van der Waals surface area (Å²) in [6.07, 6.45) is 1.28. The summed E-state index contributed by atoms with van der Waals surface area (Å²) in [4.78, 5) is 22.9. The zero-order chi connectivity index (χ0) is 19.3. The maximum atomic E-state index is 12.3. The van der Waals surface area contributed by atoms with Crippen molar-refractivity contribution in [3.05, 3.63) is 67.7 Å². The van der Waals surface area contributed by atoms with Crippen molar-refractivity contribution in [1.82, 2.24) is 0 Å². The maximum absolute atomic E-state index is 12.3. The predicted octanol–water partition coefficient (Wildman–Crippen LogP) is 4.22. The summed E-state index contributed by atoms with van der Waals surface area (Å²) in [5.74, 6) is -0.541. The molecule has 132 valence electrons. The fraction of sp³-hybridized carbons (Fsp3) is 0.111. The highest BCUT2D eigenvalue weighted by Crippen LogP contribution is 2.36. The summed E-state index contributed by atoms with van der Waals surface area (Å²) in [6, 6.07) is 11.7. The molecule has 0 aliphatic heterocycles. The first-order valence-electron chi connectivity index (χ1n) is 7.37. The number of benzene rings is 2. The van der Waals surface area contributed by atoms with Gasteiger partial charge in [-0.3, -0.25) is 14.9 Å². The summed E-state index contributed by atoms with van der Waals surface area (Å²) >= 11 is 3.19. The Morgan fingerprint density at radius 1 is 1.35 bits per heavy atom. The van der Waals surface area contributed by atoms with Crippen LogP contribution in [0.3, 0.4) is 0 Å². The average Bonchev–Trinajstić information content (AvgIpc) is 2.60. The Kier molecular flexibility index (Phi) is 6.09. The molecule has 2 rings (SSSR count). The number of amides is 1. The van der Waals surface area contributed by atoms with E-state index in [0.29, 0.717) is 15.7 Å². The smallest absolute Gasteiger partial charge is 0.312 e. The first-order valence-corrected chi connectivity index (χ1v) is 8.16. The quantitative estimate of drug-likeness (QED) is 0.340. The fourth-order valence-corrected chi connectivity index (χ4v) is 2.80. The Morgan fingerprint density at radius 2 is 2.00 bits per heavy atom. The molecule has 2 aromatic carbocycles. The number of nitrogens with one attached hydrogen (secondary N) is 1. The number of aryl methyl sites for hydroxylation is 1. The Hall–Kier alpha value is -3.18. The number of ether oxygens (including phenoxy) is 1. The number of rotatable bonds is 5. The molecule has 0 unspecified atom stereocenters. The minimum absolute atomic E-state index is 0.0646. The molecule has 2 aromatic rings. The molecule has 0 saturated carbocycles. The highest BCUT2D eigenvalue weighted by Gasteiger charge is 2.20. The number of carbonyl (C=O) groups is 1. The molecular formula is C18H14BrN3O4. The third-order valence-electron chi connectivity index (χ3n) is 3.43. The van der Waals surface area contributed by atoms with E-state index in [1.807, 2.05) is 25.1 Å². The lowest BCUT2D eigenvalue weighted by Crippen LogP contribution is -2.13. The number of hydrogen-bond acceptors (Lipinski definition) is 5. The van der Waals surface area contributed by atoms with E-state index in [4.69, 9.17) is 4.74 Å². The number of nitriles is 1. The Labute approximate surface area is 158 Å². The first-order chi connectivity index (χ1) is 12.3. The lowest BCUT2D eigenvalue weighted by molar-refractivity contribution is -0.385. The molecule has 1 N–H and O–H groups in total. The van der Waals surface area contributed by atoms with Crippen LogP contribution < -0.4 is 10.1 Å². The maximum Gasteiger partial charge on any atom is 0.312 e. The van der Waals surface area contributed by atoms with Gasteiger partial charge in [-0.05, 0) is 52.7 Å². The van der Waals surface area contributed by atoms with Gasteiger partial charge in [0.25, 0.3) is 5.91 Å². The molecule has 0 aliphatic carbocycles. The Bertz CT molecular complexity index is 931. The monoisotopic (exact) mass is 415 g/mol. The fourth-order valence-electron chi connectivity index (χ4n) is 2.17. The normalized spacial score (nSPS) is 10.8. The van der Waals surface area contributed by atoms with Gasteiger partial charge in [0, 0.05) is 11.8 Å². The molecule has 0 spiro atoms. The van der Waals surface area contributed by atoms with Crippen molar-refractivity contribution >= 4 is 39.3 Å². The second kappa shape index (κ2) is 8.27. The van der Waals surface area contributed by atoms with Gasteiger partial charge in [0.2, 0.25) is 5.75 Å². The van der Waals surface area contributed by atoms with Crippen LogP contribution >= 0.6 is 15.9 Å². The molecule has 0 heterocycles. The van der Waals surface area contributed by atoms with Gasteiger partial charge in [-0.2, -0.15) is 5.26 Å². The van der Waals surface area contributed by atoms with Gasteiger partial charge in [-0.15, -0.1) is 0 Å². The van der Waals surface area contributed by atoms with Crippen LogP contribution in [0.1, 0.15) is 11.1 Å². The lowest BCUT2D eigenvalue weighted by atomic mass is 10.1. The molecule has 0 radical (unpaired) electrons. The van der Waals surface area contributed by atoms with Crippen molar-refractivity contribution in [2.75, 3.05) is 12.4 Å². The third kappa shape index (κ3) is 4.46. The molecule has 0 saturated heterocycles. The number of nitro benzene ring substituents is 1. The third-order valence-corrected chi connectivity index (χ3v) is 4.02. The van der Waals surface area contributed by atoms with E-state index in [-0.39, 0.29) is 17.0 Å². The van der Waals surface area contributed by atoms with Crippen LogP contribution in [0, 0.1) is 28.4 Å². The lowest BCUT2D eigenvalue weighted by Gasteiger charge is -2.07. The second-order valence-electron chi connectivity index (χ2n) is 5.30. The van der Waals surface area contributed by atoms with Crippen LogP contribution in [0.5, 0.6) is 5.75 Å². The molecule has 1 amide bonds. The summed E-state index contributed by atoms with van der Waals surface area (Å²) in [7, 11) is 1.32. The number of methoxy groups -OCH3 is 1. The summed E-state index contributed by atoms with van der Waals surface area (Å²) in [6.45, 7) is 1.92. The van der Waals surface area contributed by atoms with Crippen LogP contribution in [0.15, 0.2) is 46.4 Å². The summed E-state index contributed by atoms with van der Waals surface area (Å²) in [5.41, 5.74) is 1.44. The van der Waals surface area contributed by atoms with Crippen LogP contribution in [0.4, 0.5) is 11.4 Å². The van der Waals surface area contributed by atoms with E-state index >= 15 is 0 Å². The molecule has 0 aliphatic rings. The van der Waals surface area contributed by atoms with E-state index in [2.05, 4.69) is 21.2 Å². The van der Waals surface area contributed by atoms with Crippen molar-refractivity contribution in [3.8, 4) is 11.8 Å². The average molecular weight is 416 g/mol. The van der Waals surface area contributed by atoms with Gasteiger partial charge >= 0.3 is 5.69 Å². The zero-order valence-electron chi connectivity index (χ0n) is 13.9. The van der Waals surface area contributed by atoms with Crippen LogP contribution in [0.2, 0.25) is 0 Å². The Balaban J connectivity index is 2.36. The van der Waals surface area contributed by atoms with E-state index in [1.165, 1.54) is 25.3 Å². The predicted molar refractivity (Wildman–Crippen MR) is 101 cm³/mol. The minimum atomic E-state index is -0.606. The van der Waals surface area contributed by atoms with Crippen molar-refractivity contribution in [1.29, 1.82) is 5.26 Å². The first kappa shape index (κ1) is 19.1. The summed E-state index contributed by atoms with van der Waals surface area (Å²) in [5, 5.41) is 23.1. The minimum Gasteiger partial charge on any atom is -0.489 e. The van der Waals surface area contributed by atoms with E-state index in [1.54, 1.807) is 12.1 Å². The number of carbonyl (C=O) groups excluding carboxylic acids is 1. The number of halogens is 1. The van der Waals surface area contributed by atoms with Crippen LogP contribution in [0.25, 0.3) is 6.08 Å². The number of nitro groups is 1. The number of anilines is 1. The summed E-state index contributed by atoms with van der Waals surface area (Å²) < 4.78 is 5.35. The topological polar surface area (TPSA) is 105 Å². The van der Waals surface area contributed by atoms with E-state index in [0.717, 1.165) is 5.56 Å². The van der Waals surface area contributed by atoms with E-state index in [9.17, 15) is 20.2 Å². The van der Waals surface area contributed by atoms with Crippen molar-refractivity contribution in [2.45, 2.75) is 6.92 Å². The van der Waals surface area contributed by atoms with Gasteiger partial charge < -0.3 is 10.1 Å². The van der Waals surface area contributed by atoms with Crippen molar-refractivity contribution in [2.24, 2.45) is 0 Å². The SMILES string of the molecule is COc1c(Br)cc(/C=C(/C#N)C(=O)Nc2ccc(C)cc2)cc1[N+](=O)[O-]. The van der Waals surface area contributed by atoms with Crippen molar-refractivity contribution < 1.29 is 14.5 Å².